The molecule has 20 heavy (non-hydrogen) atoms. The fourth-order valence-corrected chi connectivity index (χ4v) is 3.04. The number of anilines is 1. The van der Waals surface area contributed by atoms with Crippen LogP contribution in [0, 0.1) is 17.0 Å². The predicted molar refractivity (Wildman–Crippen MR) is 71.5 cm³/mol. The van der Waals surface area contributed by atoms with Crippen LogP contribution < -0.4 is 10.6 Å². The molecule has 2 N–H and O–H groups in total. The summed E-state index contributed by atoms with van der Waals surface area (Å²) in [6, 6.07) is 2.82. The van der Waals surface area contributed by atoms with Gasteiger partial charge in [0.15, 0.2) is 0 Å². The predicted octanol–water partition coefficient (Wildman–Crippen LogP) is 2.18. The lowest BCUT2D eigenvalue weighted by Crippen LogP contribution is -2.36. The van der Waals surface area contributed by atoms with E-state index in [-0.39, 0.29) is 17.1 Å². The molecular weight excluding hydrogens is 264 g/mol. The van der Waals surface area contributed by atoms with Crippen molar-refractivity contribution in [2.24, 2.45) is 5.41 Å². The van der Waals surface area contributed by atoms with Crippen molar-refractivity contribution in [2.45, 2.75) is 12.8 Å². The maximum absolute atomic E-state index is 13.5. The molecule has 6 heteroatoms. The molecule has 2 aliphatic rings. The van der Waals surface area contributed by atoms with E-state index in [2.05, 4.69) is 10.6 Å². The second-order valence-electron chi connectivity index (χ2n) is 5.65. The zero-order chi connectivity index (χ0) is 14.2. The largest absolute Gasteiger partial charge is 0.324 e. The number of carbonyl (C=O) groups is 1. The number of nitrogens with zero attached hydrogens (tertiary/aromatic N) is 1. The van der Waals surface area contributed by atoms with Gasteiger partial charge in [0.2, 0.25) is 0 Å². The summed E-state index contributed by atoms with van der Waals surface area (Å²) in [6.45, 7) is 3.29. The maximum Gasteiger partial charge on any atom is 0.321 e. The van der Waals surface area contributed by atoms with Crippen molar-refractivity contribution in [3.8, 4) is 0 Å². The lowest BCUT2D eigenvalue weighted by molar-refractivity contribution is 0.215. The van der Waals surface area contributed by atoms with Crippen molar-refractivity contribution in [1.29, 1.82) is 0 Å². The number of hydrogen-bond donors (Lipinski definition) is 2. The third kappa shape index (κ3) is 2.47. The standard InChI is InChI=1S/C14H17F2N3O/c15-10-1-2-12(11(16)7-10)18-13(20)19-6-4-14(9-19)3-5-17-8-14/h1-2,7,17H,3-6,8-9H2,(H,18,20). The van der Waals surface area contributed by atoms with Gasteiger partial charge >= 0.3 is 6.03 Å². The van der Waals surface area contributed by atoms with Gasteiger partial charge in [-0.1, -0.05) is 0 Å². The highest BCUT2D eigenvalue weighted by Gasteiger charge is 2.41. The first kappa shape index (κ1) is 13.3. The van der Waals surface area contributed by atoms with Crippen LogP contribution in [0.25, 0.3) is 0 Å². The van der Waals surface area contributed by atoms with Gasteiger partial charge in [0.05, 0.1) is 5.69 Å². The summed E-state index contributed by atoms with van der Waals surface area (Å²) in [5.74, 6) is -1.41. The summed E-state index contributed by atoms with van der Waals surface area (Å²) in [6.07, 6.45) is 2.04. The SMILES string of the molecule is O=C(Nc1ccc(F)cc1F)N1CCC2(CCNC2)C1. The van der Waals surface area contributed by atoms with Gasteiger partial charge in [-0.15, -0.1) is 0 Å². The van der Waals surface area contributed by atoms with Crippen LogP contribution in [0.3, 0.4) is 0 Å². The molecule has 1 atom stereocenters. The highest BCUT2D eigenvalue weighted by atomic mass is 19.1. The molecule has 2 heterocycles. The fraction of sp³-hybridized carbons (Fsp3) is 0.500. The lowest BCUT2D eigenvalue weighted by atomic mass is 9.87. The molecule has 2 fully saturated rings. The number of hydrogen-bond acceptors (Lipinski definition) is 2. The molecular formula is C14H17F2N3O. The molecule has 0 aliphatic carbocycles. The molecule has 3 rings (SSSR count). The van der Waals surface area contributed by atoms with Crippen molar-refractivity contribution >= 4 is 11.7 Å². The summed E-state index contributed by atoms with van der Waals surface area (Å²) in [5, 5.41) is 5.83. The van der Waals surface area contributed by atoms with Gasteiger partial charge in [0.1, 0.15) is 11.6 Å². The average Bonchev–Trinajstić information content (AvgIpc) is 3.04. The summed E-state index contributed by atoms with van der Waals surface area (Å²) < 4.78 is 26.3. The molecule has 0 aromatic heterocycles. The third-order valence-electron chi connectivity index (χ3n) is 4.23. The molecule has 1 aromatic carbocycles. The highest BCUT2D eigenvalue weighted by molar-refractivity contribution is 5.89. The Labute approximate surface area is 116 Å². The fourth-order valence-electron chi connectivity index (χ4n) is 3.04. The number of amides is 2. The molecule has 2 amide bonds. The first-order chi connectivity index (χ1) is 9.58. The third-order valence-corrected chi connectivity index (χ3v) is 4.23. The molecule has 2 aliphatic heterocycles. The zero-order valence-electron chi connectivity index (χ0n) is 11.1. The van der Waals surface area contributed by atoms with E-state index in [1.54, 1.807) is 4.90 Å². The lowest BCUT2D eigenvalue weighted by Gasteiger charge is -2.23. The van der Waals surface area contributed by atoms with Gasteiger partial charge in [-0.25, -0.2) is 13.6 Å². The Morgan fingerprint density at radius 2 is 2.20 bits per heavy atom. The van der Waals surface area contributed by atoms with Crippen LogP contribution in [-0.4, -0.2) is 37.1 Å². The number of benzene rings is 1. The number of carbonyl (C=O) groups excluding carboxylic acids is 1. The minimum absolute atomic E-state index is 0.0156. The average molecular weight is 281 g/mol. The first-order valence-electron chi connectivity index (χ1n) is 6.80. The van der Waals surface area contributed by atoms with E-state index in [1.165, 1.54) is 6.07 Å². The minimum atomic E-state index is -0.755. The van der Waals surface area contributed by atoms with E-state index in [1.807, 2.05) is 0 Å². The van der Waals surface area contributed by atoms with Gasteiger partial charge in [0, 0.05) is 31.1 Å². The van der Waals surface area contributed by atoms with E-state index >= 15 is 0 Å². The molecule has 2 saturated heterocycles. The molecule has 0 bridgehead atoms. The number of nitrogens with one attached hydrogen (secondary N) is 2. The Balaban J connectivity index is 1.65. The van der Waals surface area contributed by atoms with E-state index < -0.39 is 11.6 Å². The molecule has 0 radical (unpaired) electrons. The second-order valence-corrected chi connectivity index (χ2v) is 5.65. The van der Waals surface area contributed by atoms with Crippen molar-refractivity contribution in [2.75, 3.05) is 31.5 Å². The molecule has 108 valence electrons. The molecule has 1 aromatic rings. The Morgan fingerprint density at radius 1 is 1.35 bits per heavy atom. The topological polar surface area (TPSA) is 44.4 Å². The van der Waals surface area contributed by atoms with Gasteiger partial charge in [0.25, 0.3) is 0 Å². The number of urea groups is 1. The zero-order valence-corrected chi connectivity index (χ0v) is 11.1. The van der Waals surface area contributed by atoms with Crippen LogP contribution in [0.15, 0.2) is 18.2 Å². The molecule has 4 nitrogen and oxygen atoms in total. The summed E-state index contributed by atoms with van der Waals surface area (Å²) >= 11 is 0. The van der Waals surface area contributed by atoms with E-state index in [0.29, 0.717) is 13.1 Å². The van der Waals surface area contributed by atoms with Gasteiger partial charge in [-0.05, 0) is 31.5 Å². The van der Waals surface area contributed by atoms with Crippen molar-refractivity contribution in [3.63, 3.8) is 0 Å². The van der Waals surface area contributed by atoms with Crippen LogP contribution in [0.5, 0.6) is 0 Å². The van der Waals surface area contributed by atoms with E-state index in [0.717, 1.165) is 38.1 Å². The molecule has 1 spiro atoms. The van der Waals surface area contributed by atoms with Crippen LogP contribution in [0.1, 0.15) is 12.8 Å². The molecule has 1 unspecified atom stereocenters. The number of halogens is 2. The minimum Gasteiger partial charge on any atom is -0.324 e. The van der Waals surface area contributed by atoms with Crippen molar-refractivity contribution in [1.82, 2.24) is 10.2 Å². The van der Waals surface area contributed by atoms with Crippen molar-refractivity contribution in [3.05, 3.63) is 29.8 Å². The van der Waals surface area contributed by atoms with Crippen molar-refractivity contribution < 1.29 is 13.6 Å². The van der Waals surface area contributed by atoms with Crippen LogP contribution in [0.4, 0.5) is 19.3 Å². The van der Waals surface area contributed by atoms with Gasteiger partial charge in [-0.2, -0.15) is 0 Å². The monoisotopic (exact) mass is 281 g/mol. The highest BCUT2D eigenvalue weighted by Crippen LogP contribution is 2.36. The summed E-state index contributed by atoms with van der Waals surface area (Å²) in [7, 11) is 0. The van der Waals surface area contributed by atoms with E-state index in [9.17, 15) is 13.6 Å². The van der Waals surface area contributed by atoms with Crippen LogP contribution >= 0.6 is 0 Å². The normalized spacial score (nSPS) is 25.4. The number of rotatable bonds is 1. The summed E-state index contributed by atoms with van der Waals surface area (Å²) in [5.41, 5.74) is 0.195. The number of likely N-dealkylation sites (tertiary alicyclic amines) is 1. The molecule has 0 saturated carbocycles. The van der Waals surface area contributed by atoms with Gasteiger partial charge < -0.3 is 15.5 Å². The van der Waals surface area contributed by atoms with Gasteiger partial charge in [-0.3, -0.25) is 0 Å². The summed E-state index contributed by atoms with van der Waals surface area (Å²) in [4.78, 5) is 13.8. The van der Waals surface area contributed by atoms with Crippen LogP contribution in [0.2, 0.25) is 0 Å². The Bertz CT molecular complexity index is 529. The quantitative estimate of drug-likeness (QED) is 0.828. The Hall–Kier alpha value is -1.69. The Morgan fingerprint density at radius 3 is 2.90 bits per heavy atom. The van der Waals surface area contributed by atoms with E-state index in [4.69, 9.17) is 0 Å². The first-order valence-corrected chi connectivity index (χ1v) is 6.80. The second kappa shape index (κ2) is 5.01. The Kier molecular flexibility index (Phi) is 3.33. The maximum atomic E-state index is 13.5. The smallest absolute Gasteiger partial charge is 0.321 e. The van der Waals surface area contributed by atoms with Crippen LogP contribution in [-0.2, 0) is 0 Å².